The molecule has 0 radical (unpaired) electrons. The Morgan fingerprint density at radius 3 is 1.97 bits per heavy atom. The van der Waals surface area contributed by atoms with Gasteiger partial charge in [-0.1, -0.05) is 54.6 Å². The number of nitrogen functional groups attached to an aromatic ring is 2. The van der Waals surface area contributed by atoms with Gasteiger partial charge in [0.15, 0.2) is 11.9 Å². The Balaban J connectivity index is 0.00000107. The van der Waals surface area contributed by atoms with Crippen molar-refractivity contribution in [3.8, 4) is 11.3 Å². The van der Waals surface area contributed by atoms with Gasteiger partial charge in [0.05, 0.1) is 11.9 Å². The number of carbonyl (C=O) groups excluding carboxylic acids is 2. The second-order valence-corrected chi connectivity index (χ2v) is 11.7. The lowest BCUT2D eigenvalue weighted by atomic mass is 10.0. The highest BCUT2D eigenvalue weighted by Crippen LogP contribution is 2.24. The molecule has 59 heavy (non-hydrogen) atoms. The van der Waals surface area contributed by atoms with Gasteiger partial charge in [-0.2, -0.15) is 26.3 Å². The lowest BCUT2D eigenvalue weighted by molar-refractivity contribution is -0.192. The third-order valence-electron chi connectivity index (χ3n) is 6.95. The average molecular weight is 841 g/mol. The van der Waals surface area contributed by atoms with Crippen LogP contribution < -0.4 is 33.0 Å². The summed E-state index contributed by atoms with van der Waals surface area (Å²) in [6, 6.07) is 18.0. The number of aromatic nitrogens is 2. The number of nitrogens with one attached hydrogen (secondary N) is 4. The maximum atomic E-state index is 13.5. The summed E-state index contributed by atoms with van der Waals surface area (Å²) >= 11 is 0. The van der Waals surface area contributed by atoms with Crippen molar-refractivity contribution in [2.75, 3.05) is 11.1 Å². The number of hydrogen-bond donors (Lipinski definition) is 9. The van der Waals surface area contributed by atoms with E-state index < -0.39 is 48.2 Å². The molecule has 0 unspecified atom stereocenters. The van der Waals surface area contributed by atoms with Crippen LogP contribution in [0.3, 0.4) is 0 Å². The molecule has 4 rings (SSSR count). The Labute approximate surface area is 330 Å². The zero-order valence-corrected chi connectivity index (χ0v) is 30.8. The molecule has 0 bridgehead atoms. The highest BCUT2D eigenvalue weighted by Gasteiger charge is 2.38. The van der Waals surface area contributed by atoms with Gasteiger partial charge < -0.3 is 42.7 Å². The van der Waals surface area contributed by atoms with Crippen LogP contribution in [0.2, 0.25) is 0 Å². The number of alkyl halides is 6. The van der Waals surface area contributed by atoms with Crippen LogP contribution in [0.15, 0.2) is 83.8 Å². The standard InChI is InChI=1S/C32H34N8O5.C2HF3O2.CHF3.CH2O2/c1-18(2)38-29-31(43)40(17-26(41)36-15-19-8-10-21(11-9-19)28(34)35)25(16-37-29)22-12-23(14-24(33)13-22)30(42)39-27(32(44)45)20-6-4-3-5-7-20;3-2(4,5)1(6)7;2-1(3)4;2-1-3/h3-14,16,18,27H,15,17,33H2,1-2H3,(H3,34,35)(H,36,41)(H,37,38)(H,39,42)(H,44,45);(H,6,7);1H;1H,(H,2,3)/t27-;;;/m0.../s1. The summed E-state index contributed by atoms with van der Waals surface area (Å²) in [5.74, 6) is -5.20. The molecule has 23 heteroatoms. The summed E-state index contributed by atoms with van der Waals surface area (Å²) in [6.45, 7) is -0.448. The van der Waals surface area contributed by atoms with Crippen LogP contribution >= 0.6 is 0 Å². The minimum atomic E-state index is -5.08. The molecule has 17 nitrogen and oxygen atoms in total. The number of carboxylic acid groups (broad SMARTS) is 3. The highest BCUT2D eigenvalue weighted by molar-refractivity contribution is 5.99. The van der Waals surface area contributed by atoms with Crippen LogP contribution in [0.5, 0.6) is 0 Å². The Morgan fingerprint density at radius 1 is 0.949 bits per heavy atom. The quantitative estimate of drug-likeness (QED) is 0.0321. The second-order valence-electron chi connectivity index (χ2n) is 11.7. The van der Waals surface area contributed by atoms with Crippen molar-refractivity contribution in [3.05, 3.63) is 112 Å². The van der Waals surface area contributed by atoms with E-state index in [9.17, 15) is 50.6 Å². The van der Waals surface area contributed by atoms with Gasteiger partial charge in [0, 0.05) is 35.0 Å². The number of nitrogens with two attached hydrogens (primary N) is 2. The van der Waals surface area contributed by atoms with Gasteiger partial charge in [0.1, 0.15) is 12.4 Å². The number of amides is 2. The summed E-state index contributed by atoms with van der Waals surface area (Å²) in [7, 11) is 0. The zero-order chi connectivity index (χ0) is 45.0. The molecule has 318 valence electrons. The number of carbonyl (C=O) groups is 5. The van der Waals surface area contributed by atoms with Crippen molar-refractivity contribution in [3.63, 3.8) is 0 Å². The van der Waals surface area contributed by atoms with Crippen molar-refractivity contribution < 1.29 is 65.6 Å². The molecule has 0 saturated heterocycles. The highest BCUT2D eigenvalue weighted by atomic mass is 19.4. The zero-order valence-electron chi connectivity index (χ0n) is 30.8. The van der Waals surface area contributed by atoms with Gasteiger partial charge >= 0.3 is 24.8 Å². The van der Waals surface area contributed by atoms with Crippen LogP contribution in [0.1, 0.15) is 46.9 Å². The monoisotopic (exact) mass is 840 g/mol. The van der Waals surface area contributed by atoms with E-state index in [4.69, 9.17) is 36.7 Å². The molecule has 1 aromatic heterocycles. The number of carboxylic acids is 2. The number of nitrogens with zero attached hydrogens (tertiary/aromatic N) is 2. The van der Waals surface area contributed by atoms with Crippen LogP contribution in [0, 0.1) is 5.41 Å². The smallest absolute Gasteiger partial charge is 0.483 e. The van der Waals surface area contributed by atoms with Gasteiger partial charge in [-0.15, -0.1) is 0 Å². The Morgan fingerprint density at radius 2 is 1.49 bits per heavy atom. The molecule has 0 aliphatic carbocycles. The molecule has 2 amide bonds. The molecular formula is C36H38F6N8O9. The van der Waals surface area contributed by atoms with Gasteiger partial charge in [-0.05, 0) is 43.2 Å². The Bertz CT molecular complexity index is 2120. The van der Waals surface area contributed by atoms with Gasteiger partial charge in [-0.3, -0.25) is 29.2 Å². The molecule has 11 N–H and O–H groups in total. The maximum absolute atomic E-state index is 13.5. The molecule has 0 fully saturated rings. The Kier molecular flexibility index (Phi) is 19.8. The molecule has 3 aromatic carbocycles. The number of benzene rings is 3. The summed E-state index contributed by atoms with van der Waals surface area (Å²) in [5, 5.41) is 39.6. The first-order chi connectivity index (χ1) is 27.5. The van der Waals surface area contributed by atoms with Crippen LogP contribution in [0.25, 0.3) is 11.3 Å². The van der Waals surface area contributed by atoms with E-state index in [1.807, 2.05) is 13.8 Å². The number of amidine groups is 1. The van der Waals surface area contributed by atoms with E-state index in [0.717, 1.165) is 5.56 Å². The Hall–Kier alpha value is -7.46. The maximum Gasteiger partial charge on any atom is 0.490 e. The van der Waals surface area contributed by atoms with E-state index in [1.165, 1.54) is 29.0 Å². The summed E-state index contributed by atoms with van der Waals surface area (Å²) < 4.78 is 62.0. The first-order valence-corrected chi connectivity index (χ1v) is 16.4. The van der Waals surface area contributed by atoms with Crippen molar-refractivity contribution in [1.29, 1.82) is 5.41 Å². The molecule has 0 spiro atoms. The number of rotatable bonds is 12. The molecule has 0 saturated carbocycles. The summed E-state index contributed by atoms with van der Waals surface area (Å²) in [5.41, 5.74) is 13.5. The molecule has 0 aliphatic rings. The van der Waals surface area contributed by atoms with Gasteiger partial charge in [0.2, 0.25) is 5.91 Å². The predicted octanol–water partition coefficient (Wildman–Crippen LogP) is 3.98. The van der Waals surface area contributed by atoms with Gasteiger partial charge in [-0.25, -0.2) is 14.6 Å². The normalized spacial score (nSPS) is 10.9. The molecular weight excluding hydrogens is 802 g/mol. The lowest BCUT2D eigenvalue weighted by Crippen LogP contribution is -2.35. The van der Waals surface area contributed by atoms with Crippen molar-refractivity contribution in [2.45, 2.75) is 51.9 Å². The minimum absolute atomic E-state index is 0.0374. The SMILES string of the molecule is CC(C)Nc1ncc(-c2cc(N)cc(C(=O)N[C@H](C(=O)O)c3ccccc3)c2)n(CC(=O)NCc2ccc(C(=N)N)cc2)c1=O.FC(F)F.O=C(O)C(F)(F)F.O=CO. The average Bonchev–Trinajstić information content (AvgIpc) is 3.14. The first-order valence-electron chi connectivity index (χ1n) is 16.4. The minimum Gasteiger partial charge on any atom is -0.483 e. The number of aliphatic carboxylic acids is 2. The van der Waals surface area contributed by atoms with E-state index in [0.29, 0.717) is 16.7 Å². The third-order valence-corrected chi connectivity index (χ3v) is 6.95. The first kappa shape index (κ1) is 49.6. The topological polar surface area (TPSA) is 293 Å². The largest absolute Gasteiger partial charge is 0.490 e. The van der Waals surface area contributed by atoms with E-state index in [-0.39, 0.29) is 54.2 Å². The van der Waals surface area contributed by atoms with E-state index >= 15 is 0 Å². The fourth-order valence-electron chi connectivity index (χ4n) is 4.53. The molecule has 1 atom stereocenters. The number of hydrogen-bond acceptors (Lipinski definition) is 10. The number of halogens is 6. The molecule has 1 heterocycles. The van der Waals surface area contributed by atoms with Gasteiger partial charge in [0.25, 0.3) is 17.9 Å². The van der Waals surface area contributed by atoms with E-state index in [1.54, 1.807) is 54.6 Å². The summed E-state index contributed by atoms with van der Waals surface area (Å²) in [4.78, 5) is 73.4. The van der Waals surface area contributed by atoms with Crippen LogP contribution in [-0.4, -0.2) is 79.8 Å². The van der Waals surface area contributed by atoms with Crippen molar-refractivity contribution in [2.24, 2.45) is 5.73 Å². The second kappa shape index (κ2) is 23.6. The third kappa shape index (κ3) is 17.5. The van der Waals surface area contributed by atoms with Crippen LogP contribution in [0.4, 0.5) is 37.8 Å². The fraction of sp³-hybridized carbons (Fsp3) is 0.222. The number of anilines is 2. The fourth-order valence-corrected chi connectivity index (χ4v) is 4.53. The van der Waals surface area contributed by atoms with Crippen LogP contribution in [-0.2, 0) is 32.3 Å². The van der Waals surface area contributed by atoms with Crippen molar-refractivity contribution >= 4 is 47.6 Å². The summed E-state index contributed by atoms with van der Waals surface area (Å²) in [6.07, 6.45) is -3.68. The molecule has 0 aliphatic heterocycles. The molecule has 4 aromatic rings. The predicted molar refractivity (Wildman–Crippen MR) is 200 cm³/mol. The van der Waals surface area contributed by atoms with Crippen molar-refractivity contribution in [1.82, 2.24) is 20.2 Å². The lowest BCUT2D eigenvalue weighted by Gasteiger charge is -2.18. The van der Waals surface area contributed by atoms with E-state index in [2.05, 4.69) is 20.9 Å².